The lowest BCUT2D eigenvalue weighted by molar-refractivity contribution is 0.301. The van der Waals surface area contributed by atoms with E-state index >= 15 is 0 Å². The summed E-state index contributed by atoms with van der Waals surface area (Å²) in [5.74, 6) is 1.41. The molecule has 0 aliphatic rings. The van der Waals surface area contributed by atoms with Crippen molar-refractivity contribution in [1.82, 2.24) is 9.88 Å². The average Bonchev–Trinajstić information content (AvgIpc) is 2.36. The predicted molar refractivity (Wildman–Crippen MR) is 73.6 cm³/mol. The molecule has 5 heteroatoms. The number of hydrogen-bond donors (Lipinski definition) is 0. The van der Waals surface area contributed by atoms with Crippen molar-refractivity contribution in [2.24, 2.45) is 0 Å². The number of rotatable bonds is 7. The number of ether oxygens (including phenoxy) is 2. The Kier molecular flexibility index (Phi) is 6.22. The molecule has 0 saturated carbocycles. The van der Waals surface area contributed by atoms with Gasteiger partial charge in [0.25, 0.3) is 0 Å². The Morgan fingerprint density at radius 2 is 2.11 bits per heavy atom. The van der Waals surface area contributed by atoms with Crippen LogP contribution in [0.2, 0.25) is 0 Å². The predicted octanol–water partition coefficient (Wildman–Crippen LogP) is 2.55. The van der Waals surface area contributed by atoms with Gasteiger partial charge in [0.1, 0.15) is 5.69 Å². The van der Waals surface area contributed by atoms with Crippen molar-refractivity contribution in [1.29, 1.82) is 0 Å². The summed E-state index contributed by atoms with van der Waals surface area (Å²) in [6, 6.07) is 1.79. The quantitative estimate of drug-likeness (QED) is 0.715. The second kappa shape index (κ2) is 7.44. The van der Waals surface area contributed by atoms with Crippen molar-refractivity contribution in [3.8, 4) is 11.5 Å². The van der Waals surface area contributed by atoms with Gasteiger partial charge in [-0.2, -0.15) is 0 Å². The molecule has 0 radical (unpaired) electrons. The summed E-state index contributed by atoms with van der Waals surface area (Å²) < 4.78 is 10.6. The molecule has 0 aliphatic carbocycles. The van der Waals surface area contributed by atoms with Gasteiger partial charge in [-0.3, -0.25) is 4.98 Å². The van der Waals surface area contributed by atoms with Crippen molar-refractivity contribution in [3.05, 3.63) is 18.0 Å². The second-order valence-corrected chi connectivity index (χ2v) is 5.05. The van der Waals surface area contributed by atoms with Gasteiger partial charge >= 0.3 is 0 Å². The smallest absolute Gasteiger partial charge is 0.183 e. The van der Waals surface area contributed by atoms with Gasteiger partial charge in [-0.1, -0.05) is 0 Å². The molecule has 0 N–H and O–H groups in total. The third kappa shape index (κ3) is 4.35. The fourth-order valence-corrected chi connectivity index (χ4v) is 1.79. The lowest BCUT2D eigenvalue weighted by atomic mass is 10.2. The van der Waals surface area contributed by atoms with Gasteiger partial charge < -0.3 is 14.4 Å². The third-order valence-corrected chi connectivity index (χ3v) is 2.91. The zero-order chi connectivity index (χ0) is 13.5. The maximum absolute atomic E-state index is 5.94. The Balaban J connectivity index is 2.71. The van der Waals surface area contributed by atoms with Crippen LogP contribution < -0.4 is 9.47 Å². The maximum Gasteiger partial charge on any atom is 0.183 e. The highest BCUT2D eigenvalue weighted by Gasteiger charge is 2.13. The first-order valence-corrected chi connectivity index (χ1v) is 6.40. The molecule has 1 aromatic heterocycles. The van der Waals surface area contributed by atoms with Crippen molar-refractivity contribution in [3.63, 3.8) is 0 Å². The Hall–Kier alpha value is -1.00. The first kappa shape index (κ1) is 15.1. The second-order valence-electron chi connectivity index (χ2n) is 4.30. The largest absolute Gasteiger partial charge is 0.493 e. The number of alkyl halides is 1. The Morgan fingerprint density at radius 1 is 1.39 bits per heavy atom. The van der Waals surface area contributed by atoms with Crippen LogP contribution in [0.3, 0.4) is 0 Å². The SMILES string of the molecule is COc1ccnc(CN(C)CCC(C)Cl)c1OC. The van der Waals surface area contributed by atoms with E-state index in [2.05, 4.69) is 9.88 Å². The van der Waals surface area contributed by atoms with E-state index in [1.54, 1.807) is 26.5 Å². The molecular formula is C13H21ClN2O2. The molecule has 4 nitrogen and oxygen atoms in total. The Morgan fingerprint density at radius 3 is 2.67 bits per heavy atom. The van der Waals surface area contributed by atoms with Crippen LogP contribution in [0.1, 0.15) is 19.0 Å². The summed E-state index contributed by atoms with van der Waals surface area (Å²) in [5, 5.41) is 0.188. The molecule has 0 saturated heterocycles. The molecule has 1 heterocycles. The maximum atomic E-state index is 5.94. The third-order valence-electron chi connectivity index (χ3n) is 2.69. The first-order valence-electron chi connectivity index (χ1n) is 5.97. The lowest BCUT2D eigenvalue weighted by Crippen LogP contribution is -2.22. The minimum absolute atomic E-state index is 0.188. The van der Waals surface area contributed by atoms with Crippen LogP contribution in [0.25, 0.3) is 0 Å². The number of hydrogen-bond acceptors (Lipinski definition) is 4. The van der Waals surface area contributed by atoms with Gasteiger partial charge in [0, 0.05) is 24.2 Å². The summed E-state index contributed by atoms with van der Waals surface area (Å²) >= 11 is 5.94. The summed E-state index contributed by atoms with van der Waals surface area (Å²) in [6.45, 7) is 3.64. The zero-order valence-corrected chi connectivity index (χ0v) is 12.2. The van der Waals surface area contributed by atoms with Gasteiger partial charge in [-0.25, -0.2) is 0 Å². The normalized spacial score (nSPS) is 12.6. The molecule has 18 heavy (non-hydrogen) atoms. The van der Waals surface area contributed by atoms with Crippen LogP contribution >= 0.6 is 11.6 Å². The van der Waals surface area contributed by atoms with E-state index in [1.165, 1.54) is 0 Å². The minimum Gasteiger partial charge on any atom is -0.493 e. The number of halogens is 1. The van der Waals surface area contributed by atoms with E-state index in [0.29, 0.717) is 18.0 Å². The lowest BCUT2D eigenvalue weighted by Gasteiger charge is -2.19. The van der Waals surface area contributed by atoms with E-state index in [0.717, 1.165) is 18.7 Å². The molecule has 1 aromatic rings. The fourth-order valence-electron chi connectivity index (χ4n) is 1.70. The van der Waals surface area contributed by atoms with Crippen molar-refractivity contribution in [2.75, 3.05) is 27.8 Å². The van der Waals surface area contributed by atoms with E-state index in [4.69, 9.17) is 21.1 Å². The van der Waals surface area contributed by atoms with Crippen molar-refractivity contribution < 1.29 is 9.47 Å². The molecule has 0 fully saturated rings. The van der Waals surface area contributed by atoms with Crippen LogP contribution in [-0.2, 0) is 6.54 Å². The molecule has 0 aromatic carbocycles. The average molecular weight is 273 g/mol. The topological polar surface area (TPSA) is 34.6 Å². The molecule has 1 unspecified atom stereocenters. The highest BCUT2D eigenvalue weighted by molar-refractivity contribution is 6.20. The summed E-state index contributed by atoms with van der Waals surface area (Å²) in [5.41, 5.74) is 0.876. The molecule has 0 amide bonds. The number of aromatic nitrogens is 1. The van der Waals surface area contributed by atoms with Crippen LogP contribution in [0.5, 0.6) is 11.5 Å². The fraction of sp³-hybridized carbons (Fsp3) is 0.615. The van der Waals surface area contributed by atoms with E-state index in [-0.39, 0.29) is 5.38 Å². The highest BCUT2D eigenvalue weighted by Crippen LogP contribution is 2.29. The standard InChI is InChI=1S/C13H21ClN2O2/c1-10(14)6-8-16(2)9-11-13(18-4)12(17-3)5-7-15-11/h5,7,10H,6,8-9H2,1-4H3. The summed E-state index contributed by atoms with van der Waals surface area (Å²) in [7, 11) is 5.30. The highest BCUT2D eigenvalue weighted by atomic mass is 35.5. The van der Waals surface area contributed by atoms with Crippen molar-refractivity contribution >= 4 is 11.6 Å². The van der Waals surface area contributed by atoms with E-state index in [1.807, 2.05) is 14.0 Å². The molecule has 102 valence electrons. The van der Waals surface area contributed by atoms with Crippen molar-refractivity contribution in [2.45, 2.75) is 25.3 Å². The Labute approximate surface area is 114 Å². The zero-order valence-electron chi connectivity index (χ0n) is 11.4. The number of nitrogens with zero attached hydrogens (tertiary/aromatic N) is 2. The van der Waals surface area contributed by atoms with Gasteiger partial charge in [-0.15, -0.1) is 11.6 Å². The molecule has 0 bridgehead atoms. The van der Waals surface area contributed by atoms with E-state index < -0.39 is 0 Å². The van der Waals surface area contributed by atoms with Crippen LogP contribution in [0.15, 0.2) is 12.3 Å². The molecular weight excluding hydrogens is 252 g/mol. The van der Waals surface area contributed by atoms with Crippen LogP contribution in [0.4, 0.5) is 0 Å². The molecule has 0 spiro atoms. The monoisotopic (exact) mass is 272 g/mol. The summed E-state index contributed by atoms with van der Waals surface area (Å²) in [4.78, 5) is 6.52. The van der Waals surface area contributed by atoms with Crippen LogP contribution in [0, 0.1) is 0 Å². The van der Waals surface area contributed by atoms with Gasteiger partial charge in [0.2, 0.25) is 0 Å². The first-order chi connectivity index (χ1) is 8.58. The Bertz CT molecular complexity index is 372. The molecule has 1 rings (SSSR count). The van der Waals surface area contributed by atoms with Gasteiger partial charge in [0.15, 0.2) is 11.5 Å². The van der Waals surface area contributed by atoms with Crippen LogP contribution in [-0.4, -0.2) is 43.1 Å². The van der Waals surface area contributed by atoms with E-state index in [9.17, 15) is 0 Å². The number of pyridine rings is 1. The molecule has 0 aliphatic heterocycles. The van der Waals surface area contributed by atoms with Gasteiger partial charge in [-0.05, 0) is 26.9 Å². The minimum atomic E-state index is 0.188. The van der Waals surface area contributed by atoms with Gasteiger partial charge in [0.05, 0.1) is 14.2 Å². The molecule has 1 atom stereocenters. The summed E-state index contributed by atoms with van der Waals surface area (Å²) in [6.07, 6.45) is 2.68. The number of methoxy groups -OCH3 is 2.